The van der Waals surface area contributed by atoms with E-state index in [4.69, 9.17) is 42.8 Å². The lowest BCUT2D eigenvalue weighted by molar-refractivity contribution is -0.136. The normalized spacial score (nSPS) is 15.9. The Bertz CT molecular complexity index is 1190. The molecule has 1 aliphatic rings. The van der Waals surface area contributed by atoms with Gasteiger partial charge in [0.1, 0.15) is 11.2 Å². The van der Waals surface area contributed by atoms with Crippen molar-refractivity contribution in [3.63, 3.8) is 0 Å². The number of hydrogen-bond donors (Lipinski definition) is 1. The van der Waals surface area contributed by atoms with Crippen LogP contribution >= 0.6 is 23.2 Å². The van der Waals surface area contributed by atoms with Crippen molar-refractivity contribution < 1.29 is 18.7 Å². The molecule has 0 saturated heterocycles. The fraction of sp³-hybridized carbons (Fsp3) is 0.100. The van der Waals surface area contributed by atoms with Crippen molar-refractivity contribution >= 4 is 40.1 Å². The smallest absolute Gasteiger partial charge is 0.344 e. The van der Waals surface area contributed by atoms with Crippen LogP contribution in [0.3, 0.4) is 0 Å². The highest BCUT2D eigenvalue weighted by atomic mass is 35.5. The second-order valence-corrected chi connectivity index (χ2v) is 6.88. The summed E-state index contributed by atoms with van der Waals surface area (Å²) >= 11 is 12.8. The van der Waals surface area contributed by atoms with Gasteiger partial charge in [-0.25, -0.2) is 9.59 Å². The number of methoxy groups -OCH3 is 1. The van der Waals surface area contributed by atoms with Crippen molar-refractivity contribution in [1.82, 2.24) is 0 Å². The van der Waals surface area contributed by atoms with Crippen LogP contribution in [-0.2, 0) is 9.53 Å². The first-order valence-corrected chi connectivity index (χ1v) is 8.95. The van der Waals surface area contributed by atoms with Gasteiger partial charge in [-0.05, 0) is 24.3 Å². The molecule has 1 aliphatic heterocycles. The fourth-order valence-electron chi connectivity index (χ4n) is 3.35. The molecular weight excluding hydrogens is 405 g/mol. The van der Waals surface area contributed by atoms with E-state index in [1.807, 2.05) is 0 Å². The SMILES string of the molecule is COC(=O)C1=C(N)Oc2c(c(=O)oc3ccccc23)C1c1c(Cl)cccc1Cl. The molecule has 0 radical (unpaired) electrons. The molecule has 0 saturated carbocycles. The molecule has 142 valence electrons. The largest absolute Gasteiger partial charge is 0.465 e. The lowest BCUT2D eigenvalue weighted by Crippen LogP contribution is -2.31. The van der Waals surface area contributed by atoms with Gasteiger partial charge < -0.3 is 19.6 Å². The van der Waals surface area contributed by atoms with Gasteiger partial charge >= 0.3 is 11.6 Å². The molecule has 1 atom stereocenters. The number of carbonyl (C=O) groups is 1. The van der Waals surface area contributed by atoms with E-state index in [0.29, 0.717) is 16.5 Å². The summed E-state index contributed by atoms with van der Waals surface area (Å²) in [4.78, 5) is 25.4. The first kappa shape index (κ1) is 18.4. The monoisotopic (exact) mass is 417 g/mol. The molecule has 0 fully saturated rings. The molecule has 0 aliphatic carbocycles. The molecule has 2 N–H and O–H groups in total. The van der Waals surface area contributed by atoms with E-state index < -0.39 is 17.5 Å². The van der Waals surface area contributed by atoms with E-state index in [9.17, 15) is 9.59 Å². The summed E-state index contributed by atoms with van der Waals surface area (Å²) in [7, 11) is 1.20. The highest BCUT2D eigenvalue weighted by Gasteiger charge is 2.40. The predicted molar refractivity (Wildman–Crippen MR) is 105 cm³/mol. The minimum absolute atomic E-state index is 0.0725. The van der Waals surface area contributed by atoms with Crippen molar-refractivity contribution in [3.05, 3.63) is 85.5 Å². The quantitative estimate of drug-likeness (QED) is 0.500. The Morgan fingerprint density at radius 3 is 2.43 bits per heavy atom. The predicted octanol–water partition coefficient (Wildman–Crippen LogP) is 3.97. The van der Waals surface area contributed by atoms with Gasteiger partial charge in [0.15, 0.2) is 5.75 Å². The standard InChI is InChI=1S/C20H13Cl2NO5/c1-26-19(24)16-14(13-10(21)6-4-7-11(13)22)15-17(28-18(16)23)9-5-2-3-8-12(9)27-20(15)25/h2-8,14H,23H2,1H3. The third kappa shape index (κ3) is 2.73. The zero-order valence-electron chi connectivity index (χ0n) is 14.5. The Morgan fingerprint density at radius 2 is 1.75 bits per heavy atom. The zero-order chi connectivity index (χ0) is 20.0. The second kappa shape index (κ2) is 6.89. The van der Waals surface area contributed by atoms with Crippen LogP contribution in [-0.4, -0.2) is 13.1 Å². The van der Waals surface area contributed by atoms with Gasteiger partial charge in [-0.1, -0.05) is 41.4 Å². The third-order valence-corrected chi connectivity index (χ3v) is 5.21. The van der Waals surface area contributed by atoms with Crippen molar-refractivity contribution in [2.45, 2.75) is 5.92 Å². The molecule has 1 aromatic heterocycles. The van der Waals surface area contributed by atoms with Crippen LogP contribution in [0, 0.1) is 0 Å². The van der Waals surface area contributed by atoms with Crippen LogP contribution in [0.1, 0.15) is 17.0 Å². The van der Waals surface area contributed by atoms with Crippen LogP contribution in [0.15, 0.2) is 63.1 Å². The van der Waals surface area contributed by atoms with E-state index >= 15 is 0 Å². The number of rotatable bonds is 2. The maximum Gasteiger partial charge on any atom is 0.344 e. The van der Waals surface area contributed by atoms with Crippen molar-refractivity contribution in [2.75, 3.05) is 7.11 Å². The van der Waals surface area contributed by atoms with E-state index in [1.165, 1.54) is 7.11 Å². The number of ether oxygens (including phenoxy) is 2. The van der Waals surface area contributed by atoms with Crippen LogP contribution in [0.25, 0.3) is 11.0 Å². The molecule has 8 heteroatoms. The third-order valence-electron chi connectivity index (χ3n) is 4.55. The molecule has 0 bridgehead atoms. The first-order chi connectivity index (χ1) is 13.4. The van der Waals surface area contributed by atoms with E-state index in [-0.39, 0.29) is 32.8 Å². The zero-order valence-corrected chi connectivity index (χ0v) is 16.0. The number of esters is 1. The fourth-order valence-corrected chi connectivity index (χ4v) is 3.97. The molecule has 0 amide bonds. The maximum atomic E-state index is 12.9. The van der Waals surface area contributed by atoms with Gasteiger partial charge in [-0.2, -0.15) is 0 Å². The molecule has 0 spiro atoms. The molecule has 2 aromatic carbocycles. The van der Waals surface area contributed by atoms with Gasteiger partial charge in [-0.15, -0.1) is 0 Å². The number of fused-ring (bicyclic) bond motifs is 3. The molecule has 6 nitrogen and oxygen atoms in total. The topological polar surface area (TPSA) is 91.8 Å². The Balaban J connectivity index is 2.14. The molecule has 2 heterocycles. The minimum Gasteiger partial charge on any atom is -0.465 e. The Kier molecular flexibility index (Phi) is 4.53. The molecular formula is C20H13Cl2NO5. The second-order valence-electron chi connectivity index (χ2n) is 6.07. The summed E-state index contributed by atoms with van der Waals surface area (Å²) in [5, 5.41) is 1.04. The lowest BCUT2D eigenvalue weighted by Gasteiger charge is -2.28. The van der Waals surface area contributed by atoms with Crippen LogP contribution in [0.5, 0.6) is 5.75 Å². The summed E-state index contributed by atoms with van der Waals surface area (Å²) in [6.45, 7) is 0. The molecule has 28 heavy (non-hydrogen) atoms. The number of para-hydroxylation sites is 1. The van der Waals surface area contributed by atoms with E-state index in [0.717, 1.165) is 0 Å². The average molecular weight is 418 g/mol. The van der Waals surface area contributed by atoms with Crippen molar-refractivity contribution in [2.24, 2.45) is 5.73 Å². The molecule has 1 unspecified atom stereocenters. The summed E-state index contributed by atoms with van der Waals surface area (Å²) in [6.07, 6.45) is 0. The molecule has 3 aromatic rings. The highest BCUT2D eigenvalue weighted by Crippen LogP contribution is 2.47. The van der Waals surface area contributed by atoms with Gasteiger partial charge in [0.05, 0.1) is 24.0 Å². The Morgan fingerprint density at radius 1 is 1.07 bits per heavy atom. The number of carbonyl (C=O) groups excluding carboxylic acids is 1. The van der Waals surface area contributed by atoms with Gasteiger partial charge in [0.25, 0.3) is 0 Å². The van der Waals surface area contributed by atoms with Crippen molar-refractivity contribution in [1.29, 1.82) is 0 Å². The number of benzene rings is 2. The van der Waals surface area contributed by atoms with E-state index in [2.05, 4.69) is 0 Å². The molecule has 4 rings (SSSR count). The minimum atomic E-state index is -1.02. The number of hydrogen-bond acceptors (Lipinski definition) is 6. The van der Waals surface area contributed by atoms with Crippen molar-refractivity contribution in [3.8, 4) is 5.75 Å². The summed E-state index contributed by atoms with van der Waals surface area (Å²) in [5.74, 6) is -1.79. The van der Waals surface area contributed by atoms with Gasteiger partial charge in [0.2, 0.25) is 5.88 Å². The summed E-state index contributed by atoms with van der Waals surface area (Å²) in [5.41, 5.74) is 6.04. The van der Waals surface area contributed by atoms with Crippen LogP contribution in [0.2, 0.25) is 10.0 Å². The number of halogens is 2. The summed E-state index contributed by atoms with van der Waals surface area (Å²) < 4.78 is 16.0. The lowest BCUT2D eigenvalue weighted by atomic mass is 9.83. The van der Waals surface area contributed by atoms with Crippen LogP contribution in [0.4, 0.5) is 0 Å². The Hall–Kier alpha value is -2.96. The highest BCUT2D eigenvalue weighted by molar-refractivity contribution is 6.36. The van der Waals surface area contributed by atoms with Gasteiger partial charge in [0, 0.05) is 15.6 Å². The maximum absolute atomic E-state index is 12.9. The summed E-state index contributed by atoms with van der Waals surface area (Å²) in [6, 6.07) is 11.7. The van der Waals surface area contributed by atoms with Gasteiger partial charge in [-0.3, -0.25) is 0 Å². The average Bonchev–Trinajstić information content (AvgIpc) is 2.67. The van der Waals surface area contributed by atoms with Crippen LogP contribution < -0.4 is 16.1 Å². The first-order valence-electron chi connectivity index (χ1n) is 8.19. The number of nitrogens with two attached hydrogens (primary N) is 1. The van der Waals surface area contributed by atoms with E-state index in [1.54, 1.807) is 42.5 Å². The Labute approximate surface area is 169 Å².